The first-order valence-electron chi connectivity index (χ1n) is 8.08. The van der Waals surface area contributed by atoms with Crippen molar-refractivity contribution in [2.75, 3.05) is 0 Å². The standard InChI is InChI=1S/C18H16N4O2S2/c1-9-10(2)25-17-13(9)15(23)19-14(20-17)11(3)26-18-22-21-16(24-18)12-7-5-4-6-8-12/h4-8,11H,1-3H3,(H,19,20,23)/t11-/m1/s1. The first-order chi connectivity index (χ1) is 12.5. The van der Waals surface area contributed by atoms with Gasteiger partial charge in [0.2, 0.25) is 5.89 Å². The molecule has 0 aliphatic rings. The molecule has 1 N–H and O–H groups in total. The van der Waals surface area contributed by atoms with E-state index in [4.69, 9.17) is 4.42 Å². The van der Waals surface area contributed by atoms with Crippen LogP contribution in [-0.4, -0.2) is 20.2 Å². The van der Waals surface area contributed by atoms with Gasteiger partial charge >= 0.3 is 0 Å². The lowest BCUT2D eigenvalue weighted by Crippen LogP contribution is -2.12. The summed E-state index contributed by atoms with van der Waals surface area (Å²) < 4.78 is 5.73. The van der Waals surface area contributed by atoms with Gasteiger partial charge in [0.15, 0.2) is 0 Å². The SMILES string of the molecule is Cc1sc2nc([C@@H](C)Sc3nnc(-c4ccccc4)o3)[nH]c(=O)c2c1C. The molecule has 4 aromatic rings. The summed E-state index contributed by atoms with van der Waals surface area (Å²) in [6.07, 6.45) is 0. The van der Waals surface area contributed by atoms with Gasteiger partial charge in [0, 0.05) is 10.4 Å². The number of aromatic amines is 1. The van der Waals surface area contributed by atoms with Crippen molar-refractivity contribution in [3.05, 3.63) is 57.0 Å². The van der Waals surface area contributed by atoms with Gasteiger partial charge in [0.1, 0.15) is 10.7 Å². The van der Waals surface area contributed by atoms with Crippen molar-refractivity contribution in [3.63, 3.8) is 0 Å². The summed E-state index contributed by atoms with van der Waals surface area (Å²) in [5.74, 6) is 1.08. The van der Waals surface area contributed by atoms with Gasteiger partial charge in [-0.25, -0.2) is 4.98 Å². The van der Waals surface area contributed by atoms with E-state index in [1.807, 2.05) is 51.1 Å². The van der Waals surface area contributed by atoms with Crippen LogP contribution in [0.25, 0.3) is 21.7 Å². The van der Waals surface area contributed by atoms with Gasteiger partial charge in [0.05, 0.1) is 10.6 Å². The number of aryl methyl sites for hydroxylation is 2. The Labute approximate surface area is 157 Å². The van der Waals surface area contributed by atoms with Gasteiger partial charge in [-0.15, -0.1) is 21.5 Å². The van der Waals surface area contributed by atoms with E-state index in [9.17, 15) is 4.79 Å². The number of nitrogens with zero attached hydrogens (tertiary/aromatic N) is 3. The van der Waals surface area contributed by atoms with Crippen LogP contribution >= 0.6 is 23.1 Å². The molecule has 0 saturated carbocycles. The molecule has 0 aliphatic heterocycles. The lowest BCUT2D eigenvalue weighted by atomic mass is 10.2. The Balaban J connectivity index is 1.61. The Kier molecular flexibility index (Phi) is 4.37. The third kappa shape index (κ3) is 3.06. The molecule has 0 aliphatic carbocycles. The fourth-order valence-electron chi connectivity index (χ4n) is 2.63. The van der Waals surface area contributed by atoms with E-state index in [-0.39, 0.29) is 10.8 Å². The lowest BCUT2D eigenvalue weighted by Gasteiger charge is -2.07. The molecule has 26 heavy (non-hydrogen) atoms. The monoisotopic (exact) mass is 384 g/mol. The van der Waals surface area contributed by atoms with E-state index in [2.05, 4.69) is 20.2 Å². The summed E-state index contributed by atoms with van der Waals surface area (Å²) in [6.45, 7) is 5.91. The maximum absolute atomic E-state index is 12.4. The third-order valence-corrected chi connectivity index (χ3v) is 6.19. The second-order valence-corrected chi connectivity index (χ2v) is 8.41. The van der Waals surface area contributed by atoms with Crippen LogP contribution in [0.2, 0.25) is 0 Å². The molecule has 132 valence electrons. The highest BCUT2D eigenvalue weighted by Gasteiger charge is 2.19. The van der Waals surface area contributed by atoms with Crippen LogP contribution in [0.5, 0.6) is 0 Å². The molecule has 0 amide bonds. The smallest absolute Gasteiger partial charge is 0.277 e. The summed E-state index contributed by atoms with van der Waals surface area (Å²) in [5.41, 5.74) is 1.77. The lowest BCUT2D eigenvalue weighted by molar-refractivity contribution is 0.465. The Morgan fingerprint density at radius 3 is 2.73 bits per heavy atom. The number of benzene rings is 1. The van der Waals surface area contributed by atoms with E-state index >= 15 is 0 Å². The first kappa shape index (κ1) is 17.0. The van der Waals surface area contributed by atoms with E-state index in [0.29, 0.717) is 22.3 Å². The summed E-state index contributed by atoms with van der Waals surface area (Å²) in [7, 11) is 0. The quantitative estimate of drug-likeness (QED) is 0.521. The fraction of sp³-hybridized carbons (Fsp3) is 0.222. The minimum absolute atomic E-state index is 0.102. The molecule has 3 heterocycles. The molecule has 1 atom stereocenters. The molecule has 3 aromatic heterocycles. The second kappa shape index (κ2) is 6.69. The maximum Gasteiger partial charge on any atom is 0.277 e. The predicted molar refractivity (Wildman–Crippen MR) is 104 cm³/mol. The first-order valence-corrected chi connectivity index (χ1v) is 9.78. The zero-order chi connectivity index (χ0) is 18.3. The van der Waals surface area contributed by atoms with Gasteiger partial charge in [-0.05, 0) is 38.5 Å². The highest BCUT2D eigenvalue weighted by atomic mass is 32.2. The number of rotatable bonds is 4. The number of fused-ring (bicyclic) bond motifs is 1. The maximum atomic E-state index is 12.4. The Morgan fingerprint density at radius 1 is 1.19 bits per heavy atom. The number of H-pyrrole nitrogens is 1. The van der Waals surface area contributed by atoms with Gasteiger partial charge in [-0.1, -0.05) is 30.0 Å². The van der Waals surface area contributed by atoms with Crippen molar-refractivity contribution in [2.24, 2.45) is 0 Å². The number of hydrogen-bond donors (Lipinski definition) is 1. The molecule has 0 bridgehead atoms. The molecule has 4 rings (SSSR count). The largest absolute Gasteiger partial charge is 0.411 e. The topological polar surface area (TPSA) is 84.7 Å². The van der Waals surface area contributed by atoms with Crippen LogP contribution in [0.15, 0.2) is 44.8 Å². The van der Waals surface area contributed by atoms with Gasteiger partial charge < -0.3 is 9.40 Å². The zero-order valence-electron chi connectivity index (χ0n) is 14.4. The van der Waals surface area contributed by atoms with Crippen LogP contribution in [0.1, 0.15) is 28.4 Å². The minimum Gasteiger partial charge on any atom is -0.411 e. The van der Waals surface area contributed by atoms with Gasteiger partial charge in [-0.2, -0.15) is 0 Å². The van der Waals surface area contributed by atoms with Crippen LogP contribution in [0, 0.1) is 13.8 Å². The van der Waals surface area contributed by atoms with Crippen molar-refractivity contribution in [3.8, 4) is 11.5 Å². The molecule has 1 aromatic carbocycles. The van der Waals surface area contributed by atoms with E-state index in [1.54, 1.807) is 11.3 Å². The zero-order valence-corrected chi connectivity index (χ0v) is 16.1. The van der Waals surface area contributed by atoms with Crippen molar-refractivity contribution >= 4 is 33.3 Å². The van der Waals surface area contributed by atoms with E-state index < -0.39 is 0 Å². The number of thioether (sulfide) groups is 1. The van der Waals surface area contributed by atoms with E-state index in [0.717, 1.165) is 20.8 Å². The summed E-state index contributed by atoms with van der Waals surface area (Å²) in [4.78, 5) is 21.8. The van der Waals surface area contributed by atoms with Crippen LogP contribution < -0.4 is 5.56 Å². The van der Waals surface area contributed by atoms with Crippen molar-refractivity contribution < 1.29 is 4.42 Å². The Bertz CT molecular complexity index is 1130. The number of aromatic nitrogens is 4. The predicted octanol–water partition coefficient (Wildman–Crippen LogP) is 4.50. The van der Waals surface area contributed by atoms with Gasteiger partial charge in [-0.3, -0.25) is 4.79 Å². The molecule has 0 spiro atoms. The molecule has 0 fully saturated rings. The molecule has 6 nitrogen and oxygen atoms in total. The molecule has 0 radical (unpaired) electrons. The van der Waals surface area contributed by atoms with Crippen LogP contribution in [0.3, 0.4) is 0 Å². The van der Waals surface area contributed by atoms with Gasteiger partial charge in [0.25, 0.3) is 10.8 Å². The molecule has 0 unspecified atom stereocenters. The Morgan fingerprint density at radius 2 is 1.96 bits per heavy atom. The second-order valence-electron chi connectivity index (χ2n) is 5.91. The number of nitrogens with one attached hydrogen (secondary N) is 1. The average Bonchev–Trinajstić information content (AvgIpc) is 3.21. The highest BCUT2D eigenvalue weighted by molar-refractivity contribution is 7.99. The minimum atomic E-state index is -0.126. The van der Waals surface area contributed by atoms with Crippen molar-refractivity contribution in [2.45, 2.75) is 31.2 Å². The van der Waals surface area contributed by atoms with E-state index in [1.165, 1.54) is 11.8 Å². The van der Waals surface area contributed by atoms with Crippen molar-refractivity contribution in [1.82, 2.24) is 20.2 Å². The summed E-state index contributed by atoms with van der Waals surface area (Å²) in [6, 6.07) is 9.61. The number of thiophene rings is 1. The summed E-state index contributed by atoms with van der Waals surface area (Å²) >= 11 is 2.91. The fourth-order valence-corrected chi connectivity index (χ4v) is 4.40. The molecular weight excluding hydrogens is 368 g/mol. The van der Waals surface area contributed by atoms with Crippen LogP contribution in [0.4, 0.5) is 0 Å². The average molecular weight is 384 g/mol. The molecular formula is C18H16N4O2S2. The third-order valence-electron chi connectivity index (χ3n) is 4.15. The van der Waals surface area contributed by atoms with Crippen LogP contribution in [-0.2, 0) is 0 Å². The highest BCUT2D eigenvalue weighted by Crippen LogP contribution is 2.34. The Hall–Kier alpha value is -2.45. The molecule has 0 saturated heterocycles. The number of hydrogen-bond acceptors (Lipinski definition) is 7. The summed E-state index contributed by atoms with van der Waals surface area (Å²) in [5, 5.41) is 9.17. The van der Waals surface area contributed by atoms with Crippen molar-refractivity contribution in [1.29, 1.82) is 0 Å². The normalized spacial score (nSPS) is 12.6. The molecule has 8 heteroatoms.